The Hall–Kier alpha value is -3.51. The lowest BCUT2D eigenvalue weighted by Gasteiger charge is -2.24. The van der Waals surface area contributed by atoms with Crippen LogP contribution < -0.4 is 14.8 Å². The summed E-state index contributed by atoms with van der Waals surface area (Å²) in [6, 6.07) is 4.43. The lowest BCUT2D eigenvalue weighted by molar-refractivity contribution is -0.117. The van der Waals surface area contributed by atoms with E-state index in [2.05, 4.69) is 15.0 Å². The number of hydrogen-bond donors (Lipinski definition) is 1. The standard InChI is InChI=1S/C19H15F2N5O4S/c1-30-16-3-2-12-18-10(7-24-19(12)25-16)6-23-8-17(27)26(18)9-13-14(20)4-11(5-15(13)21)31(22,28)29/h2-7H,8-9H2,1H3,(H2,22,28,29). The van der Waals surface area contributed by atoms with Gasteiger partial charge in [-0.05, 0) is 18.2 Å². The molecule has 0 radical (unpaired) electrons. The fourth-order valence-electron chi connectivity index (χ4n) is 3.22. The van der Waals surface area contributed by atoms with Crippen LogP contribution in [0.5, 0.6) is 5.88 Å². The Labute approximate surface area is 175 Å². The van der Waals surface area contributed by atoms with Crippen LogP contribution in [0.15, 0.2) is 40.4 Å². The van der Waals surface area contributed by atoms with Crippen LogP contribution in [0.4, 0.5) is 14.5 Å². The van der Waals surface area contributed by atoms with Crippen LogP contribution in [-0.4, -0.2) is 44.2 Å². The monoisotopic (exact) mass is 447 g/mol. The van der Waals surface area contributed by atoms with Crippen LogP contribution >= 0.6 is 0 Å². The van der Waals surface area contributed by atoms with Crippen molar-refractivity contribution in [2.75, 3.05) is 18.6 Å². The number of benzene rings is 1. The molecule has 31 heavy (non-hydrogen) atoms. The minimum atomic E-state index is -4.31. The van der Waals surface area contributed by atoms with Crippen molar-refractivity contribution in [2.45, 2.75) is 11.4 Å². The molecule has 0 bridgehead atoms. The van der Waals surface area contributed by atoms with Crippen molar-refractivity contribution in [3.8, 4) is 5.88 Å². The molecule has 3 aromatic rings. The molecule has 0 saturated carbocycles. The van der Waals surface area contributed by atoms with Gasteiger partial charge in [-0.2, -0.15) is 4.98 Å². The number of carbonyl (C=O) groups excluding carboxylic acids is 1. The summed E-state index contributed by atoms with van der Waals surface area (Å²) in [5, 5.41) is 5.40. The van der Waals surface area contributed by atoms with Gasteiger partial charge in [0, 0.05) is 35.0 Å². The lowest BCUT2D eigenvalue weighted by atomic mass is 10.1. The van der Waals surface area contributed by atoms with Crippen molar-refractivity contribution >= 4 is 38.9 Å². The number of aliphatic imine (C=N–C) groups is 1. The molecule has 1 aromatic carbocycles. The average Bonchev–Trinajstić information content (AvgIpc) is 2.87. The molecule has 0 unspecified atom stereocenters. The van der Waals surface area contributed by atoms with Crippen molar-refractivity contribution in [3.05, 3.63) is 53.2 Å². The number of rotatable bonds is 4. The lowest BCUT2D eigenvalue weighted by Crippen LogP contribution is -2.33. The SMILES string of the molecule is COc1ccc2c3c(cnc2n1)C=NCC(=O)N3Cc1c(F)cc(S(N)(=O)=O)cc1F. The van der Waals surface area contributed by atoms with Crippen molar-refractivity contribution in [1.82, 2.24) is 9.97 Å². The van der Waals surface area contributed by atoms with Gasteiger partial charge >= 0.3 is 0 Å². The van der Waals surface area contributed by atoms with Crippen LogP contribution in [0.3, 0.4) is 0 Å². The second-order valence-electron chi connectivity index (χ2n) is 6.65. The molecule has 9 nitrogen and oxygen atoms in total. The highest BCUT2D eigenvalue weighted by Crippen LogP contribution is 2.33. The van der Waals surface area contributed by atoms with E-state index >= 15 is 0 Å². The molecule has 1 amide bonds. The first-order valence-corrected chi connectivity index (χ1v) is 10.4. The minimum Gasteiger partial charge on any atom is -0.481 e. The molecule has 2 aromatic heterocycles. The van der Waals surface area contributed by atoms with Gasteiger partial charge in [0.1, 0.15) is 18.2 Å². The Bertz CT molecular complexity index is 1340. The maximum absolute atomic E-state index is 14.6. The highest BCUT2D eigenvalue weighted by Gasteiger charge is 2.27. The fraction of sp³-hybridized carbons (Fsp3) is 0.158. The summed E-state index contributed by atoms with van der Waals surface area (Å²) in [5.41, 5.74) is 0.532. The predicted molar refractivity (Wildman–Crippen MR) is 107 cm³/mol. The molecule has 12 heteroatoms. The molecular formula is C19H15F2N5O4S. The van der Waals surface area contributed by atoms with E-state index in [1.54, 1.807) is 12.1 Å². The third-order valence-electron chi connectivity index (χ3n) is 4.70. The van der Waals surface area contributed by atoms with Gasteiger partial charge in [0.05, 0.1) is 24.2 Å². The number of anilines is 1. The molecule has 0 fully saturated rings. The number of hydrogen-bond acceptors (Lipinski definition) is 7. The molecule has 0 saturated heterocycles. The van der Waals surface area contributed by atoms with E-state index in [1.165, 1.54) is 24.4 Å². The minimum absolute atomic E-state index is 0.252. The van der Waals surface area contributed by atoms with Gasteiger partial charge in [-0.25, -0.2) is 27.3 Å². The third kappa shape index (κ3) is 3.82. The number of ether oxygens (including phenoxy) is 1. The van der Waals surface area contributed by atoms with Crippen LogP contribution in [0.2, 0.25) is 0 Å². The quantitative estimate of drug-likeness (QED) is 0.646. The smallest absolute Gasteiger partial charge is 0.248 e. The van der Waals surface area contributed by atoms with Gasteiger partial charge in [-0.15, -0.1) is 0 Å². The normalized spacial score (nSPS) is 13.9. The van der Waals surface area contributed by atoms with E-state index in [-0.39, 0.29) is 12.2 Å². The predicted octanol–water partition coefficient (Wildman–Crippen LogP) is 1.53. The molecule has 1 aliphatic rings. The number of carbonyl (C=O) groups is 1. The van der Waals surface area contributed by atoms with Crippen molar-refractivity contribution < 1.29 is 26.7 Å². The maximum Gasteiger partial charge on any atom is 0.248 e. The number of halogens is 2. The summed E-state index contributed by atoms with van der Waals surface area (Å²) in [6.07, 6.45) is 2.89. The van der Waals surface area contributed by atoms with E-state index in [0.29, 0.717) is 34.6 Å². The van der Waals surface area contributed by atoms with Gasteiger partial charge in [-0.3, -0.25) is 9.79 Å². The highest BCUT2D eigenvalue weighted by molar-refractivity contribution is 7.89. The Kier molecular flexibility index (Phi) is 5.11. The zero-order valence-corrected chi connectivity index (χ0v) is 16.9. The molecule has 0 atom stereocenters. The summed E-state index contributed by atoms with van der Waals surface area (Å²) >= 11 is 0. The van der Waals surface area contributed by atoms with Crippen LogP contribution in [0.1, 0.15) is 11.1 Å². The van der Waals surface area contributed by atoms with Crippen molar-refractivity contribution in [3.63, 3.8) is 0 Å². The number of sulfonamides is 1. The van der Waals surface area contributed by atoms with Crippen LogP contribution in [-0.2, 0) is 21.4 Å². The Balaban J connectivity index is 1.87. The summed E-state index contributed by atoms with van der Waals surface area (Å²) < 4.78 is 57.2. The number of primary sulfonamides is 1. The topological polar surface area (TPSA) is 128 Å². The summed E-state index contributed by atoms with van der Waals surface area (Å²) in [6.45, 7) is -0.763. The van der Waals surface area contributed by atoms with Crippen molar-refractivity contribution in [2.24, 2.45) is 10.1 Å². The van der Waals surface area contributed by atoms with E-state index < -0.39 is 44.6 Å². The Morgan fingerprint density at radius 2 is 1.94 bits per heavy atom. The molecule has 3 heterocycles. The first-order chi connectivity index (χ1) is 14.7. The molecule has 160 valence electrons. The second-order valence-corrected chi connectivity index (χ2v) is 8.21. The Morgan fingerprint density at radius 3 is 2.58 bits per heavy atom. The number of aromatic nitrogens is 2. The van der Waals surface area contributed by atoms with Crippen LogP contribution in [0, 0.1) is 11.6 Å². The zero-order chi connectivity index (χ0) is 22.3. The zero-order valence-electron chi connectivity index (χ0n) is 16.0. The van der Waals surface area contributed by atoms with Crippen molar-refractivity contribution in [1.29, 1.82) is 0 Å². The van der Waals surface area contributed by atoms with Gasteiger partial charge in [-0.1, -0.05) is 0 Å². The molecule has 0 spiro atoms. The van der Waals surface area contributed by atoms with E-state index in [9.17, 15) is 22.0 Å². The third-order valence-corrected chi connectivity index (χ3v) is 5.59. The first kappa shape index (κ1) is 20.8. The number of pyridine rings is 2. The number of methoxy groups -OCH3 is 1. The summed E-state index contributed by atoms with van der Waals surface area (Å²) in [5.74, 6) is -2.52. The summed E-state index contributed by atoms with van der Waals surface area (Å²) in [4.78, 5) is 25.7. The van der Waals surface area contributed by atoms with Gasteiger partial charge in [0.25, 0.3) is 0 Å². The average molecular weight is 447 g/mol. The van der Waals surface area contributed by atoms with E-state index in [4.69, 9.17) is 9.88 Å². The molecule has 4 rings (SSSR count). The number of nitrogens with two attached hydrogens (primary N) is 1. The highest BCUT2D eigenvalue weighted by atomic mass is 32.2. The molecule has 2 N–H and O–H groups in total. The van der Waals surface area contributed by atoms with E-state index in [1.807, 2.05) is 0 Å². The number of amides is 1. The molecular weight excluding hydrogens is 432 g/mol. The number of fused-ring (bicyclic) bond motifs is 3. The summed E-state index contributed by atoms with van der Waals surface area (Å²) in [7, 11) is -2.87. The molecule has 0 aliphatic carbocycles. The van der Waals surface area contributed by atoms with E-state index in [0.717, 1.165) is 0 Å². The Morgan fingerprint density at radius 1 is 1.23 bits per heavy atom. The molecule has 1 aliphatic heterocycles. The largest absolute Gasteiger partial charge is 0.481 e. The maximum atomic E-state index is 14.6. The number of nitrogens with zero attached hydrogens (tertiary/aromatic N) is 4. The fourth-order valence-corrected chi connectivity index (χ4v) is 3.76. The van der Waals surface area contributed by atoms with Gasteiger partial charge in [0.2, 0.25) is 21.8 Å². The second kappa shape index (κ2) is 7.63. The van der Waals surface area contributed by atoms with Gasteiger partial charge < -0.3 is 9.64 Å². The van der Waals surface area contributed by atoms with Crippen LogP contribution in [0.25, 0.3) is 11.0 Å². The first-order valence-electron chi connectivity index (χ1n) is 8.83. The van der Waals surface area contributed by atoms with Gasteiger partial charge in [0.15, 0.2) is 5.65 Å².